The van der Waals surface area contributed by atoms with Crippen molar-refractivity contribution < 1.29 is 4.42 Å². The summed E-state index contributed by atoms with van der Waals surface area (Å²) < 4.78 is 5.49. The molecule has 96 valence electrons. The van der Waals surface area contributed by atoms with Crippen LogP contribution in [0, 0.1) is 0 Å². The molecule has 0 aliphatic rings. The minimum absolute atomic E-state index is 0.442. The highest BCUT2D eigenvalue weighted by atomic mass is 16.4. The Labute approximate surface area is 108 Å². The van der Waals surface area contributed by atoms with E-state index in [0.717, 1.165) is 17.9 Å². The van der Waals surface area contributed by atoms with Gasteiger partial charge in [-0.2, -0.15) is 4.98 Å². The standard InChI is InChI=1S/C14H19N3O/c1-11(2)15-9-12-10-18-14(16-12)17(3)13-7-5-4-6-8-13/h4-8,10-11,15H,9H2,1-3H3. The van der Waals surface area contributed by atoms with Gasteiger partial charge in [-0.05, 0) is 12.1 Å². The number of para-hydroxylation sites is 1. The number of rotatable bonds is 5. The molecule has 0 radical (unpaired) electrons. The molecular formula is C14H19N3O. The van der Waals surface area contributed by atoms with Crippen LogP contribution in [0.15, 0.2) is 41.0 Å². The Kier molecular flexibility index (Phi) is 3.99. The van der Waals surface area contributed by atoms with E-state index in [9.17, 15) is 0 Å². The van der Waals surface area contributed by atoms with Crippen molar-refractivity contribution in [2.24, 2.45) is 0 Å². The van der Waals surface area contributed by atoms with Crippen LogP contribution in [0.1, 0.15) is 19.5 Å². The molecule has 0 spiro atoms. The van der Waals surface area contributed by atoms with Crippen LogP contribution in [0.2, 0.25) is 0 Å². The first-order valence-corrected chi connectivity index (χ1v) is 6.13. The molecule has 18 heavy (non-hydrogen) atoms. The average molecular weight is 245 g/mol. The Hall–Kier alpha value is -1.81. The molecule has 4 nitrogen and oxygen atoms in total. The lowest BCUT2D eigenvalue weighted by Crippen LogP contribution is -2.22. The fraction of sp³-hybridized carbons (Fsp3) is 0.357. The van der Waals surface area contributed by atoms with Gasteiger partial charge in [-0.15, -0.1) is 0 Å². The van der Waals surface area contributed by atoms with Gasteiger partial charge in [0.25, 0.3) is 0 Å². The molecule has 1 heterocycles. The van der Waals surface area contributed by atoms with Gasteiger partial charge < -0.3 is 9.73 Å². The number of aromatic nitrogens is 1. The SMILES string of the molecule is CC(C)NCc1coc(N(C)c2ccccc2)n1. The lowest BCUT2D eigenvalue weighted by molar-refractivity contribution is 0.552. The molecule has 0 saturated heterocycles. The summed E-state index contributed by atoms with van der Waals surface area (Å²) >= 11 is 0. The maximum absolute atomic E-state index is 5.49. The smallest absolute Gasteiger partial charge is 0.301 e. The number of anilines is 2. The quantitative estimate of drug-likeness (QED) is 0.879. The zero-order valence-corrected chi connectivity index (χ0v) is 11.1. The topological polar surface area (TPSA) is 41.3 Å². The van der Waals surface area contributed by atoms with Gasteiger partial charge >= 0.3 is 6.01 Å². The maximum Gasteiger partial charge on any atom is 0.301 e. The minimum Gasteiger partial charge on any atom is -0.431 e. The van der Waals surface area contributed by atoms with E-state index in [-0.39, 0.29) is 0 Å². The number of benzene rings is 1. The van der Waals surface area contributed by atoms with Crippen molar-refractivity contribution in [3.05, 3.63) is 42.3 Å². The molecule has 4 heteroatoms. The zero-order chi connectivity index (χ0) is 13.0. The lowest BCUT2D eigenvalue weighted by Gasteiger charge is -2.13. The van der Waals surface area contributed by atoms with E-state index in [1.54, 1.807) is 6.26 Å². The van der Waals surface area contributed by atoms with E-state index in [1.165, 1.54) is 0 Å². The van der Waals surface area contributed by atoms with E-state index in [1.807, 2.05) is 42.3 Å². The fourth-order valence-corrected chi connectivity index (χ4v) is 1.60. The van der Waals surface area contributed by atoms with Crippen LogP contribution in [0.25, 0.3) is 0 Å². The Balaban J connectivity index is 2.06. The van der Waals surface area contributed by atoms with Crippen LogP contribution in [0.3, 0.4) is 0 Å². The van der Waals surface area contributed by atoms with Gasteiger partial charge in [0, 0.05) is 25.3 Å². The van der Waals surface area contributed by atoms with Gasteiger partial charge in [0.05, 0.1) is 5.69 Å². The van der Waals surface area contributed by atoms with E-state index < -0.39 is 0 Å². The van der Waals surface area contributed by atoms with Gasteiger partial charge in [-0.25, -0.2) is 0 Å². The molecule has 0 saturated carbocycles. The number of nitrogens with zero attached hydrogens (tertiary/aromatic N) is 2. The van der Waals surface area contributed by atoms with E-state index >= 15 is 0 Å². The molecule has 0 unspecified atom stereocenters. The molecule has 1 aromatic heterocycles. The minimum atomic E-state index is 0.442. The monoisotopic (exact) mass is 245 g/mol. The van der Waals surface area contributed by atoms with Crippen molar-refractivity contribution in [2.75, 3.05) is 11.9 Å². The van der Waals surface area contributed by atoms with E-state index in [4.69, 9.17) is 4.42 Å². The second-order valence-corrected chi connectivity index (χ2v) is 4.55. The molecule has 2 rings (SSSR count). The second-order valence-electron chi connectivity index (χ2n) is 4.55. The first kappa shape index (κ1) is 12.6. The summed E-state index contributed by atoms with van der Waals surface area (Å²) in [6.45, 7) is 4.94. The van der Waals surface area contributed by atoms with Crippen LogP contribution < -0.4 is 10.2 Å². The Bertz CT molecular complexity index is 479. The highest BCUT2D eigenvalue weighted by Gasteiger charge is 2.10. The normalized spacial score (nSPS) is 10.9. The van der Waals surface area contributed by atoms with Gasteiger partial charge in [0.15, 0.2) is 0 Å². The molecule has 0 bridgehead atoms. The molecule has 0 amide bonds. The number of hydrogen-bond acceptors (Lipinski definition) is 4. The third-order valence-corrected chi connectivity index (χ3v) is 2.66. The van der Waals surface area contributed by atoms with Crippen LogP contribution in [-0.2, 0) is 6.54 Å². The van der Waals surface area contributed by atoms with Crippen molar-refractivity contribution in [3.63, 3.8) is 0 Å². The first-order chi connectivity index (χ1) is 8.66. The third kappa shape index (κ3) is 3.11. The van der Waals surface area contributed by atoms with Crippen molar-refractivity contribution >= 4 is 11.7 Å². The summed E-state index contributed by atoms with van der Waals surface area (Å²) in [7, 11) is 1.95. The van der Waals surface area contributed by atoms with E-state index in [0.29, 0.717) is 12.1 Å². The largest absolute Gasteiger partial charge is 0.431 e. The van der Waals surface area contributed by atoms with Crippen LogP contribution in [0.4, 0.5) is 11.7 Å². The van der Waals surface area contributed by atoms with E-state index in [2.05, 4.69) is 24.1 Å². The highest BCUT2D eigenvalue weighted by molar-refractivity contribution is 5.54. The lowest BCUT2D eigenvalue weighted by atomic mass is 10.3. The maximum atomic E-state index is 5.49. The molecule has 0 fully saturated rings. The molecule has 1 aromatic carbocycles. The number of oxazole rings is 1. The van der Waals surface area contributed by atoms with Crippen LogP contribution in [0.5, 0.6) is 0 Å². The summed E-state index contributed by atoms with van der Waals surface area (Å²) in [5.74, 6) is 0. The summed E-state index contributed by atoms with van der Waals surface area (Å²) in [6.07, 6.45) is 1.70. The van der Waals surface area contributed by atoms with Crippen LogP contribution in [-0.4, -0.2) is 18.1 Å². The molecule has 0 aliphatic heterocycles. The average Bonchev–Trinajstić information content (AvgIpc) is 2.85. The molecule has 1 N–H and O–H groups in total. The van der Waals surface area contributed by atoms with Gasteiger partial charge in [0.2, 0.25) is 0 Å². The molecule has 2 aromatic rings. The Morgan fingerprint density at radius 1 is 1.28 bits per heavy atom. The Morgan fingerprint density at radius 2 is 2.00 bits per heavy atom. The Morgan fingerprint density at radius 3 is 2.67 bits per heavy atom. The summed E-state index contributed by atoms with van der Waals surface area (Å²) in [4.78, 5) is 6.38. The van der Waals surface area contributed by atoms with Crippen molar-refractivity contribution in [1.82, 2.24) is 10.3 Å². The number of nitrogens with one attached hydrogen (secondary N) is 1. The summed E-state index contributed by atoms with van der Waals surface area (Å²) in [5.41, 5.74) is 1.98. The van der Waals surface area contributed by atoms with Crippen molar-refractivity contribution in [3.8, 4) is 0 Å². The zero-order valence-electron chi connectivity index (χ0n) is 11.1. The van der Waals surface area contributed by atoms with Crippen molar-refractivity contribution in [2.45, 2.75) is 26.4 Å². The predicted octanol–water partition coefficient (Wildman–Crippen LogP) is 2.94. The first-order valence-electron chi connectivity index (χ1n) is 6.13. The van der Waals surface area contributed by atoms with Crippen LogP contribution >= 0.6 is 0 Å². The van der Waals surface area contributed by atoms with Gasteiger partial charge in [0.1, 0.15) is 6.26 Å². The predicted molar refractivity (Wildman–Crippen MR) is 73.0 cm³/mol. The highest BCUT2D eigenvalue weighted by Crippen LogP contribution is 2.22. The fourth-order valence-electron chi connectivity index (χ4n) is 1.60. The molecular weight excluding hydrogens is 226 g/mol. The van der Waals surface area contributed by atoms with Gasteiger partial charge in [-0.1, -0.05) is 32.0 Å². The molecule has 0 aliphatic carbocycles. The van der Waals surface area contributed by atoms with Gasteiger partial charge in [-0.3, -0.25) is 4.90 Å². The third-order valence-electron chi connectivity index (χ3n) is 2.66. The van der Waals surface area contributed by atoms with Crippen molar-refractivity contribution in [1.29, 1.82) is 0 Å². The summed E-state index contributed by atoms with van der Waals surface area (Å²) in [5, 5.41) is 3.31. The second kappa shape index (κ2) is 5.69. The number of hydrogen-bond donors (Lipinski definition) is 1. The summed E-state index contributed by atoms with van der Waals surface area (Å²) in [6, 6.07) is 11.1. The molecule has 0 atom stereocenters.